The molecule has 1 aromatic carbocycles. The van der Waals surface area contributed by atoms with E-state index in [0.717, 1.165) is 10.0 Å². The van der Waals surface area contributed by atoms with E-state index < -0.39 is 18.9 Å². The smallest absolute Gasteiger partial charge is 0.255 e. The fourth-order valence-electron chi connectivity index (χ4n) is 1.12. The molecule has 0 unspecified atom stereocenters. The van der Waals surface area contributed by atoms with Crippen molar-refractivity contribution in [1.29, 1.82) is 0 Å². The Bertz CT molecular complexity index is 368. The summed E-state index contributed by atoms with van der Waals surface area (Å²) < 4.78 is 24.5. The molecule has 0 saturated heterocycles. The van der Waals surface area contributed by atoms with Crippen molar-refractivity contribution in [2.24, 2.45) is 0 Å². The second kappa shape index (κ2) is 5.21. The van der Waals surface area contributed by atoms with Gasteiger partial charge in [-0.15, -0.1) is 0 Å². The van der Waals surface area contributed by atoms with Crippen LogP contribution in [0.25, 0.3) is 0 Å². The SMILES string of the molecule is Cc1c(Br)cccc1C(=O)NCC(F)F. The zero-order chi connectivity index (χ0) is 11.4. The summed E-state index contributed by atoms with van der Waals surface area (Å²) in [6.45, 7) is 1.13. The Morgan fingerprint density at radius 1 is 1.53 bits per heavy atom. The maximum absolute atomic E-state index is 11.9. The van der Waals surface area contributed by atoms with Crippen LogP contribution in [0.15, 0.2) is 22.7 Å². The molecular weight excluding hydrogens is 268 g/mol. The number of hydrogen-bond donors (Lipinski definition) is 1. The number of hydrogen-bond acceptors (Lipinski definition) is 1. The molecule has 1 N–H and O–H groups in total. The van der Waals surface area contributed by atoms with Crippen molar-refractivity contribution in [3.8, 4) is 0 Å². The van der Waals surface area contributed by atoms with Gasteiger partial charge in [0.1, 0.15) is 0 Å². The van der Waals surface area contributed by atoms with E-state index in [-0.39, 0.29) is 0 Å². The highest BCUT2D eigenvalue weighted by atomic mass is 79.9. The summed E-state index contributed by atoms with van der Waals surface area (Å²) in [4.78, 5) is 11.5. The Balaban J connectivity index is 2.78. The lowest BCUT2D eigenvalue weighted by Crippen LogP contribution is -2.29. The number of rotatable bonds is 3. The van der Waals surface area contributed by atoms with E-state index in [9.17, 15) is 13.6 Å². The zero-order valence-corrected chi connectivity index (χ0v) is 9.64. The van der Waals surface area contributed by atoms with Gasteiger partial charge in [0.15, 0.2) is 0 Å². The van der Waals surface area contributed by atoms with E-state index in [1.165, 1.54) is 0 Å². The lowest BCUT2D eigenvalue weighted by atomic mass is 10.1. The number of benzene rings is 1. The molecular formula is C10H10BrF2NO. The van der Waals surface area contributed by atoms with Crippen LogP contribution in [-0.4, -0.2) is 18.9 Å². The molecule has 2 nitrogen and oxygen atoms in total. The first-order valence-electron chi connectivity index (χ1n) is 4.34. The van der Waals surface area contributed by atoms with Gasteiger partial charge in [-0.1, -0.05) is 22.0 Å². The lowest BCUT2D eigenvalue weighted by Gasteiger charge is -2.08. The minimum Gasteiger partial charge on any atom is -0.346 e. The van der Waals surface area contributed by atoms with Crippen LogP contribution in [0.4, 0.5) is 8.78 Å². The molecule has 15 heavy (non-hydrogen) atoms. The molecule has 0 aliphatic heterocycles. The summed E-state index contributed by atoms with van der Waals surface area (Å²) in [5.41, 5.74) is 1.15. The third-order valence-electron chi connectivity index (χ3n) is 1.93. The summed E-state index contributed by atoms with van der Waals surface area (Å²) in [7, 11) is 0. The average Bonchev–Trinajstić information content (AvgIpc) is 2.18. The maximum atomic E-state index is 11.9. The van der Waals surface area contributed by atoms with Gasteiger partial charge in [-0.3, -0.25) is 4.79 Å². The third-order valence-corrected chi connectivity index (χ3v) is 2.79. The van der Waals surface area contributed by atoms with Gasteiger partial charge in [0.05, 0.1) is 6.54 Å². The van der Waals surface area contributed by atoms with Gasteiger partial charge in [0, 0.05) is 10.0 Å². The van der Waals surface area contributed by atoms with E-state index in [1.54, 1.807) is 25.1 Å². The van der Waals surface area contributed by atoms with E-state index in [4.69, 9.17) is 0 Å². The largest absolute Gasteiger partial charge is 0.346 e. The highest BCUT2D eigenvalue weighted by Gasteiger charge is 2.12. The normalized spacial score (nSPS) is 10.5. The number of halogens is 3. The van der Waals surface area contributed by atoms with Crippen molar-refractivity contribution in [1.82, 2.24) is 5.32 Å². The summed E-state index contributed by atoms with van der Waals surface area (Å²) in [6.07, 6.45) is -2.53. The Morgan fingerprint density at radius 3 is 2.80 bits per heavy atom. The molecule has 82 valence electrons. The minimum absolute atomic E-state index is 0.407. The van der Waals surface area contributed by atoms with Gasteiger partial charge in [-0.2, -0.15) is 0 Å². The van der Waals surface area contributed by atoms with Crippen molar-refractivity contribution in [2.75, 3.05) is 6.54 Å². The van der Waals surface area contributed by atoms with Crippen LogP contribution in [0.2, 0.25) is 0 Å². The van der Waals surface area contributed by atoms with Gasteiger partial charge in [-0.05, 0) is 24.6 Å². The van der Waals surface area contributed by atoms with E-state index in [0.29, 0.717) is 5.56 Å². The van der Waals surface area contributed by atoms with Crippen molar-refractivity contribution in [2.45, 2.75) is 13.3 Å². The fraction of sp³-hybridized carbons (Fsp3) is 0.300. The molecule has 0 aromatic heterocycles. The van der Waals surface area contributed by atoms with Gasteiger partial charge in [0.2, 0.25) is 0 Å². The fourth-order valence-corrected chi connectivity index (χ4v) is 1.48. The summed E-state index contributed by atoms with van der Waals surface area (Å²) >= 11 is 3.27. The van der Waals surface area contributed by atoms with Crippen LogP contribution >= 0.6 is 15.9 Å². The van der Waals surface area contributed by atoms with Crippen LogP contribution in [0.5, 0.6) is 0 Å². The predicted octanol–water partition coefficient (Wildman–Crippen LogP) is 2.75. The lowest BCUT2D eigenvalue weighted by molar-refractivity contribution is 0.0891. The van der Waals surface area contributed by atoms with Crippen LogP contribution < -0.4 is 5.32 Å². The first-order chi connectivity index (χ1) is 7.02. The Labute approximate surface area is 94.8 Å². The van der Waals surface area contributed by atoms with Crippen LogP contribution in [0.3, 0.4) is 0 Å². The number of alkyl halides is 2. The number of carbonyl (C=O) groups is 1. The Hall–Kier alpha value is -0.970. The molecule has 0 spiro atoms. The highest BCUT2D eigenvalue weighted by Crippen LogP contribution is 2.19. The second-order valence-corrected chi connectivity index (χ2v) is 3.87. The minimum atomic E-state index is -2.53. The summed E-state index contributed by atoms with van der Waals surface area (Å²) in [5.74, 6) is -0.478. The van der Waals surface area contributed by atoms with Gasteiger partial charge >= 0.3 is 0 Å². The molecule has 0 aliphatic carbocycles. The molecule has 5 heteroatoms. The van der Waals surface area contributed by atoms with Crippen LogP contribution in [-0.2, 0) is 0 Å². The quantitative estimate of drug-likeness (QED) is 0.905. The van der Waals surface area contributed by atoms with Gasteiger partial charge in [0.25, 0.3) is 12.3 Å². The zero-order valence-electron chi connectivity index (χ0n) is 8.06. The topological polar surface area (TPSA) is 29.1 Å². The van der Waals surface area contributed by atoms with Crippen LogP contribution in [0, 0.1) is 6.92 Å². The summed E-state index contributed by atoms with van der Waals surface area (Å²) in [5, 5.41) is 2.16. The van der Waals surface area contributed by atoms with Crippen molar-refractivity contribution in [3.05, 3.63) is 33.8 Å². The molecule has 1 amide bonds. The molecule has 1 rings (SSSR count). The predicted molar refractivity (Wildman–Crippen MR) is 57.2 cm³/mol. The molecule has 0 bridgehead atoms. The molecule has 0 aliphatic rings. The maximum Gasteiger partial charge on any atom is 0.255 e. The molecule has 0 radical (unpaired) electrons. The van der Waals surface area contributed by atoms with Crippen LogP contribution in [0.1, 0.15) is 15.9 Å². The average molecular weight is 278 g/mol. The monoisotopic (exact) mass is 277 g/mol. The van der Waals surface area contributed by atoms with Crippen molar-refractivity contribution >= 4 is 21.8 Å². The third kappa shape index (κ3) is 3.27. The van der Waals surface area contributed by atoms with E-state index in [1.807, 2.05) is 0 Å². The molecule has 0 heterocycles. The van der Waals surface area contributed by atoms with Gasteiger partial charge in [-0.25, -0.2) is 8.78 Å². The summed E-state index contributed by atoms with van der Waals surface area (Å²) in [6, 6.07) is 5.08. The Morgan fingerprint density at radius 2 is 2.20 bits per heavy atom. The first kappa shape index (κ1) is 12.1. The van der Waals surface area contributed by atoms with Crippen molar-refractivity contribution < 1.29 is 13.6 Å². The number of nitrogens with one attached hydrogen (secondary N) is 1. The van der Waals surface area contributed by atoms with E-state index >= 15 is 0 Å². The van der Waals surface area contributed by atoms with E-state index in [2.05, 4.69) is 21.2 Å². The standard InChI is InChI=1S/C10H10BrF2NO/c1-6-7(3-2-4-8(6)11)10(15)14-5-9(12)13/h2-4,9H,5H2,1H3,(H,14,15). The molecule has 0 fully saturated rings. The molecule has 0 saturated carbocycles. The molecule has 1 aromatic rings. The highest BCUT2D eigenvalue weighted by molar-refractivity contribution is 9.10. The number of carbonyl (C=O) groups excluding carboxylic acids is 1. The number of amides is 1. The first-order valence-corrected chi connectivity index (χ1v) is 5.13. The van der Waals surface area contributed by atoms with Gasteiger partial charge < -0.3 is 5.32 Å². The Kier molecular flexibility index (Phi) is 4.20. The van der Waals surface area contributed by atoms with Crippen molar-refractivity contribution in [3.63, 3.8) is 0 Å². The molecule has 0 atom stereocenters. The second-order valence-electron chi connectivity index (χ2n) is 3.01.